The van der Waals surface area contributed by atoms with Gasteiger partial charge in [0.15, 0.2) is 11.4 Å². The van der Waals surface area contributed by atoms with E-state index in [4.69, 9.17) is 14.2 Å². The number of carbonyl (C=O) groups is 3. The first-order chi connectivity index (χ1) is 14.4. The summed E-state index contributed by atoms with van der Waals surface area (Å²) >= 11 is 0. The molecule has 1 N–H and O–H groups in total. The lowest BCUT2D eigenvalue weighted by Crippen LogP contribution is -2.49. The smallest absolute Gasteiger partial charge is 0.329 e. The van der Waals surface area contributed by atoms with E-state index >= 15 is 0 Å². The van der Waals surface area contributed by atoms with Crippen molar-refractivity contribution in [2.24, 2.45) is 5.92 Å². The van der Waals surface area contributed by atoms with Gasteiger partial charge >= 0.3 is 5.97 Å². The third-order valence-corrected chi connectivity index (χ3v) is 6.48. The molecule has 1 saturated carbocycles. The second-order valence-electron chi connectivity index (χ2n) is 9.07. The van der Waals surface area contributed by atoms with E-state index < -0.39 is 42.0 Å². The molecule has 3 saturated heterocycles. The van der Waals surface area contributed by atoms with Gasteiger partial charge < -0.3 is 19.5 Å². The highest BCUT2D eigenvalue weighted by atomic mass is 16.7. The van der Waals surface area contributed by atoms with Gasteiger partial charge in [-0.25, -0.2) is 4.79 Å². The van der Waals surface area contributed by atoms with Gasteiger partial charge in [-0.05, 0) is 19.3 Å². The number of allylic oxidation sites excluding steroid dienone is 3. The highest BCUT2D eigenvalue weighted by Crippen LogP contribution is 2.56. The number of carbonyl (C=O) groups excluding carboxylic acids is 3. The summed E-state index contributed by atoms with van der Waals surface area (Å²) in [5.74, 6) is -0.441. The van der Waals surface area contributed by atoms with Crippen LogP contribution in [0.25, 0.3) is 0 Å². The highest BCUT2D eigenvalue weighted by molar-refractivity contribution is 5.96. The van der Waals surface area contributed by atoms with Crippen LogP contribution >= 0.6 is 0 Å². The summed E-state index contributed by atoms with van der Waals surface area (Å²) in [6.07, 6.45) is 9.83. The van der Waals surface area contributed by atoms with Gasteiger partial charge in [0.1, 0.15) is 30.5 Å². The number of hydrogen-bond donors (Lipinski definition) is 1. The van der Waals surface area contributed by atoms with Crippen LogP contribution in [0.1, 0.15) is 59.3 Å². The summed E-state index contributed by atoms with van der Waals surface area (Å²) in [5, 5.41) is 2.72. The number of esters is 1. The van der Waals surface area contributed by atoms with Crippen molar-refractivity contribution in [1.29, 1.82) is 0 Å². The number of epoxide rings is 2. The van der Waals surface area contributed by atoms with Gasteiger partial charge in [-0.3, -0.25) is 9.59 Å². The Labute approximate surface area is 177 Å². The van der Waals surface area contributed by atoms with Crippen LogP contribution in [0.4, 0.5) is 0 Å². The third kappa shape index (κ3) is 4.10. The fourth-order valence-corrected chi connectivity index (χ4v) is 4.79. The van der Waals surface area contributed by atoms with E-state index in [2.05, 4.69) is 25.2 Å². The third-order valence-electron chi connectivity index (χ3n) is 6.48. The normalized spacial score (nSPS) is 37.7. The second-order valence-corrected chi connectivity index (χ2v) is 9.07. The number of amides is 1. The van der Waals surface area contributed by atoms with Gasteiger partial charge in [0.25, 0.3) is 0 Å². The van der Waals surface area contributed by atoms with Gasteiger partial charge in [0, 0.05) is 12.5 Å². The fraction of sp³-hybridized carbons (Fsp3) is 0.696. The van der Waals surface area contributed by atoms with Gasteiger partial charge in [-0.15, -0.1) is 0 Å². The molecule has 6 unspecified atom stereocenters. The summed E-state index contributed by atoms with van der Waals surface area (Å²) in [6, 6.07) is -0.758. The number of nitrogens with one attached hydrogen (secondary N) is 1. The first-order valence-corrected chi connectivity index (χ1v) is 11.1. The molecule has 3 heterocycles. The highest BCUT2D eigenvalue weighted by Gasteiger charge is 2.80. The van der Waals surface area contributed by atoms with E-state index in [0.717, 1.165) is 12.0 Å². The molecule has 6 atom stereocenters. The maximum Gasteiger partial charge on any atom is 0.329 e. The lowest BCUT2D eigenvalue weighted by molar-refractivity contribution is -0.153. The number of unbranched alkanes of at least 4 members (excludes halogenated alkanes) is 3. The number of ether oxygens (including phenoxy) is 3. The summed E-state index contributed by atoms with van der Waals surface area (Å²) in [7, 11) is 0. The van der Waals surface area contributed by atoms with Crippen LogP contribution < -0.4 is 5.32 Å². The molecule has 30 heavy (non-hydrogen) atoms. The quantitative estimate of drug-likeness (QED) is 0.203. The van der Waals surface area contributed by atoms with Crippen LogP contribution in [0.5, 0.6) is 0 Å². The van der Waals surface area contributed by atoms with Crippen molar-refractivity contribution in [2.45, 2.75) is 95.4 Å². The van der Waals surface area contributed by atoms with Crippen LogP contribution in [0.2, 0.25) is 0 Å². The topological polar surface area (TPSA) is 97.5 Å². The fourth-order valence-electron chi connectivity index (χ4n) is 4.79. The predicted octanol–water partition coefficient (Wildman–Crippen LogP) is 2.38. The lowest BCUT2D eigenvalue weighted by atomic mass is 9.81. The van der Waals surface area contributed by atoms with Crippen molar-refractivity contribution >= 4 is 17.7 Å². The zero-order valence-corrected chi connectivity index (χ0v) is 17.9. The van der Waals surface area contributed by atoms with Gasteiger partial charge in [-0.2, -0.15) is 0 Å². The SMILES string of the molecule is CCCCCCC(C)/C=C(C)/C=C/C(=O)NC1CC2(OC1=O)C1OC1C(=O)C1OC12. The number of rotatable bonds is 9. The van der Waals surface area contributed by atoms with Crippen LogP contribution in [0, 0.1) is 5.92 Å². The monoisotopic (exact) mass is 417 g/mol. The summed E-state index contributed by atoms with van der Waals surface area (Å²) in [6.45, 7) is 6.36. The van der Waals surface area contributed by atoms with Crippen molar-refractivity contribution in [1.82, 2.24) is 5.32 Å². The molecule has 0 radical (unpaired) electrons. The Morgan fingerprint density at radius 2 is 1.87 bits per heavy atom. The number of hydrogen-bond acceptors (Lipinski definition) is 6. The van der Waals surface area contributed by atoms with Crippen molar-refractivity contribution in [3.05, 3.63) is 23.8 Å². The Morgan fingerprint density at radius 3 is 2.53 bits per heavy atom. The molecule has 4 fully saturated rings. The molecule has 1 spiro atoms. The van der Waals surface area contributed by atoms with Crippen molar-refractivity contribution in [2.75, 3.05) is 0 Å². The van der Waals surface area contributed by atoms with E-state index in [1.807, 2.05) is 6.92 Å². The minimum atomic E-state index is -0.939. The van der Waals surface area contributed by atoms with E-state index in [1.54, 1.807) is 6.08 Å². The zero-order chi connectivity index (χ0) is 21.5. The van der Waals surface area contributed by atoms with Gasteiger partial charge in [-0.1, -0.05) is 57.3 Å². The van der Waals surface area contributed by atoms with Crippen LogP contribution in [-0.2, 0) is 28.6 Å². The number of Topliss-reactive ketones (excluding diaryl/α,β-unsaturated/α-hetero) is 1. The minimum Gasteiger partial charge on any atom is -0.452 e. The molecule has 0 aromatic carbocycles. The average Bonchev–Trinajstić information content (AvgIpc) is 3.60. The molecule has 1 amide bonds. The van der Waals surface area contributed by atoms with Crippen LogP contribution in [0.15, 0.2) is 23.8 Å². The molecular formula is C23H31NO6. The average molecular weight is 418 g/mol. The summed E-state index contributed by atoms with van der Waals surface area (Å²) in [5.41, 5.74) is 0.0817. The molecular weight excluding hydrogens is 386 g/mol. The molecule has 0 aromatic rings. The van der Waals surface area contributed by atoms with E-state index in [-0.39, 0.29) is 18.1 Å². The number of fused-ring (bicyclic) bond motifs is 4. The molecule has 7 nitrogen and oxygen atoms in total. The molecule has 1 aliphatic carbocycles. The van der Waals surface area contributed by atoms with Gasteiger partial charge in [0.2, 0.25) is 5.91 Å². The van der Waals surface area contributed by atoms with E-state index in [0.29, 0.717) is 5.92 Å². The molecule has 164 valence electrons. The molecule has 3 aliphatic heterocycles. The Kier molecular flexibility index (Phi) is 5.86. The second kappa shape index (κ2) is 8.27. The Bertz CT molecular complexity index is 767. The Morgan fingerprint density at radius 1 is 1.17 bits per heavy atom. The Hall–Kier alpha value is -1.99. The minimum absolute atomic E-state index is 0.0658. The van der Waals surface area contributed by atoms with Crippen LogP contribution in [0.3, 0.4) is 0 Å². The maximum absolute atomic E-state index is 12.4. The first kappa shape index (κ1) is 21.2. The largest absolute Gasteiger partial charge is 0.452 e. The summed E-state index contributed by atoms with van der Waals surface area (Å²) in [4.78, 5) is 36.6. The molecule has 0 aromatic heterocycles. The molecule has 4 aliphatic rings. The molecule has 4 rings (SSSR count). The predicted molar refractivity (Wildman–Crippen MR) is 109 cm³/mol. The lowest BCUT2D eigenvalue weighted by Gasteiger charge is -2.25. The van der Waals surface area contributed by atoms with Gasteiger partial charge in [0.05, 0.1) is 0 Å². The summed E-state index contributed by atoms with van der Waals surface area (Å²) < 4.78 is 16.5. The number of ketones is 1. The standard InChI is InChI=1S/C23H31NO6/c1-4-5-6-7-8-13(2)11-14(3)9-10-16(25)24-15-12-23(30-22(15)27)20-18(28-20)17(26)19-21(23)29-19/h9-11,13,15,18-21H,4-8,12H2,1-3H3,(H,24,25)/b10-9+,14-11+. The van der Waals surface area contributed by atoms with E-state index in [9.17, 15) is 14.4 Å². The van der Waals surface area contributed by atoms with Crippen molar-refractivity contribution in [3.63, 3.8) is 0 Å². The van der Waals surface area contributed by atoms with E-state index in [1.165, 1.54) is 31.8 Å². The van der Waals surface area contributed by atoms with Crippen molar-refractivity contribution < 1.29 is 28.6 Å². The van der Waals surface area contributed by atoms with Crippen LogP contribution in [-0.4, -0.2) is 53.7 Å². The van der Waals surface area contributed by atoms with Crippen molar-refractivity contribution in [3.8, 4) is 0 Å². The maximum atomic E-state index is 12.4. The molecule has 7 heteroatoms. The Balaban J connectivity index is 1.27. The zero-order valence-electron chi connectivity index (χ0n) is 17.9. The molecule has 0 bridgehead atoms. The first-order valence-electron chi connectivity index (χ1n) is 11.1.